The Kier molecular flexibility index (Phi) is 5.29. The number of nitrogens with zero attached hydrogens (tertiary/aromatic N) is 1. The molecule has 0 fully saturated rings. The van der Waals surface area contributed by atoms with E-state index in [-0.39, 0.29) is 24.3 Å². The normalized spacial score (nSPS) is 12.7. The minimum Gasteiger partial charge on any atom is -0.341 e. The van der Waals surface area contributed by atoms with Gasteiger partial charge in [-0.1, -0.05) is 6.92 Å². The molecule has 5 heteroatoms. The third-order valence-corrected chi connectivity index (χ3v) is 3.00. The molecule has 0 aliphatic heterocycles. The summed E-state index contributed by atoms with van der Waals surface area (Å²) in [5, 5.41) is 0. The van der Waals surface area contributed by atoms with Crippen LogP contribution < -0.4 is 0 Å². The first-order valence-corrected chi connectivity index (χ1v) is 5.43. The Morgan fingerprint density at radius 2 is 1.75 bits per heavy atom. The molecule has 0 radical (unpaired) electrons. The minimum atomic E-state index is -4.17. The van der Waals surface area contributed by atoms with Crippen LogP contribution in [0, 0.1) is 0 Å². The van der Waals surface area contributed by atoms with Crippen LogP contribution in [0.15, 0.2) is 0 Å². The first-order chi connectivity index (χ1) is 7.10. The van der Waals surface area contributed by atoms with E-state index in [2.05, 4.69) is 0 Å². The van der Waals surface area contributed by atoms with E-state index in [9.17, 15) is 18.0 Å². The van der Waals surface area contributed by atoms with Crippen LogP contribution in [0.3, 0.4) is 0 Å². The van der Waals surface area contributed by atoms with Gasteiger partial charge in [0.1, 0.15) is 0 Å². The van der Waals surface area contributed by atoms with Gasteiger partial charge in [-0.05, 0) is 26.7 Å². The first kappa shape index (κ1) is 15.3. The van der Waals surface area contributed by atoms with Gasteiger partial charge in [0.2, 0.25) is 5.91 Å². The van der Waals surface area contributed by atoms with Crippen LogP contribution in [-0.4, -0.2) is 29.6 Å². The first-order valence-electron chi connectivity index (χ1n) is 5.43. The molecule has 0 atom stereocenters. The van der Waals surface area contributed by atoms with Crippen molar-refractivity contribution in [1.29, 1.82) is 0 Å². The van der Waals surface area contributed by atoms with Gasteiger partial charge in [-0.3, -0.25) is 4.79 Å². The van der Waals surface area contributed by atoms with Crippen LogP contribution in [0.5, 0.6) is 0 Å². The molecule has 96 valence electrons. The highest BCUT2D eigenvalue weighted by atomic mass is 19.4. The highest BCUT2D eigenvalue weighted by molar-refractivity contribution is 5.76. The van der Waals surface area contributed by atoms with Gasteiger partial charge in [0, 0.05) is 25.4 Å². The standard InChI is InChI=1S/C11H20F3NO/c1-5-10(2,3)15(4)9(16)7-6-8-11(12,13)14/h5-8H2,1-4H3. The highest BCUT2D eigenvalue weighted by Crippen LogP contribution is 2.23. The summed E-state index contributed by atoms with van der Waals surface area (Å²) in [6.07, 6.45) is -4.46. The number of halogens is 3. The summed E-state index contributed by atoms with van der Waals surface area (Å²) in [5.74, 6) is -0.226. The van der Waals surface area contributed by atoms with Crippen LogP contribution in [0.4, 0.5) is 13.2 Å². The van der Waals surface area contributed by atoms with Gasteiger partial charge in [0.25, 0.3) is 0 Å². The van der Waals surface area contributed by atoms with E-state index in [0.29, 0.717) is 0 Å². The minimum absolute atomic E-state index is 0.0422. The lowest BCUT2D eigenvalue weighted by Crippen LogP contribution is -2.44. The van der Waals surface area contributed by atoms with E-state index in [1.807, 2.05) is 20.8 Å². The van der Waals surface area contributed by atoms with E-state index in [1.165, 1.54) is 4.90 Å². The van der Waals surface area contributed by atoms with Gasteiger partial charge in [0.05, 0.1) is 0 Å². The summed E-state index contributed by atoms with van der Waals surface area (Å²) in [7, 11) is 1.64. The van der Waals surface area contributed by atoms with Crippen molar-refractivity contribution in [2.45, 2.75) is 58.2 Å². The average molecular weight is 239 g/mol. The Bertz CT molecular complexity index is 236. The molecule has 16 heavy (non-hydrogen) atoms. The zero-order chi connectivity index (χ0) is 13.0. The summed E-state index contributed by atoms with van der Waals surface area (Å²) in [6.45, 7) is 5.74. The second-order valence-electron chi connectivity index (χ2n) is 4.59. The molecule has 0 rings (SSSR count). The van der Waals surface area contributed by atoms with Gasteiger partial charge < -0.3 is 4.90 Å². The van der Waals surface area contributed by atoms with Gasteiger partial charge in [-0.15, -0.1) is 0 Å². The van der Waals surface area contributed by atoms with Crippen molar-refractivity contribution in [1.82, 2.24) is 4.90 Å². The van der Waals surface area contributed by atoms with E-state index in [0.717, 1.165) is 6.42 Å². The molecule has 1 amide bonds. The van der Waals surface area contributed by atoms with Crippen LogP contribution in [0.2, 0.25) is 0 Å². The van der Waals surface area contributed by atoms with Crippen LogP contribution in [0.1, 0.15) is 46.5 Å². The molecular formula is C11H20F3NO. The van der Waals surface area contributed by atoms with Gasteiger partial charge in [0.15, 0.2) is 0 Å². The lowest BCUT2D eigenvalue weighted by atomic mass is 9.99. The Morgan fingerprint density at radius 1 is 1.25 bits per heavy atom. The van der Waals surface area contributed by atoms with Crippen LogP contribution in [0.25, 0.3) is 0 Å². The number of rotatable bonds is 5. The molecule has 0 saturated heterocycles. The predicted octanol–water partition coefficient (Wildman–Crippen LogP) is 3.37. The second kappa shape index (κ2) is 5.55. The maximum absolute atomic E-state index is 11.9. The lowest BCUT2D eigenvalue weighted by Gasteiger charge is -2.35. The number of alkyl halides is 3. The molecule has 0 aliphatic rings. The fraction of sp³-hybridized carbons (Fsp3) is 0.909. The topological polar surface area (TPSA) is 20.3 Å². The summed E-state index contributed by atoms with van der Waals surface area (Å²) in [6, 6.07) is 0. The van der Waals surface area contributed by atoms with Gasteiger partial charge in [-0.2, -0.15) is 13.2 Å². The fourth-order valence-corrected chi connectivity index (χ4v) is 1.18. The zero-order valence-electron chi connectivity index (χ0n) is 10.3. The Balaban J connectivity index is 4.08. The number of hydrogen-bond acceptors (Lipinski definition) is 1. The van der Waals surface area contributed by atoms with Gasteiger partial charge in [-0.25, -0.2) is 0 Å². The quantitative estimate of drug-likeness (QED) is 0.720. The molecule has 0 aromatic rings. The summed E-state index contributed by atoms with van der Waals surface area (Å²) >= 11 is 0. The monoisotopic (exact) mass is 239 g/mol. The second-order valence-corrected chi connectivity index (χ2v) is 4.59. The molecule has 0 aromatic carbocycles. The average Bonchev–Trinajstić information content (AvgIpc) is 2.14. The summed E-state index contributed by atoms with van der Waals surface area (Å²) in [4.78, 5) is 13.1. The van der Waals surface area contributed by atoms with Crippen molar-refractivity contribution in [3.05, 3.63) is 0 Å². The smallest absolute Gasteiger partial charge is 0.341 e. The molecule has 0 unspecified atom stereocenters. The predicted molar refractivity (Wildman–Crippen MR) is 57.0 cm³/mol. The number of amides is 1. The van der Waals surface area contributed by atoms with E-state index in [1.54, 1.807) is 7.05 Å². The van der Waals surface area contributed by atoms with Crippen molar-refractivity contribution in [2.75, 3.05) is 7.05 Å². The van der Waals surface area contributed by atoms with Crippen LogP contribution >= 0.6 is 0 Å². The summed E-state index contributed by atoms with van der Waals surface area (Å²) in [5.41, 5.74) is -0.296. The van der Waals surface area contributed by atoms with E-state index >= 15 is 0 Å². The third kappa shape index (κ3) is 5.37. The SMILES string of the molecule is CCC(C)(C)N(C)C(=O)CCCC(F)(F)F. The van der Waals surface area contributed by atoms with Crippen molar-refractivity contribution in [3.63, 3.8) is 0 Å². The van der Waals surface area contributed by atoms with Crippen molar-refractivity contribution in [2.24, 2.45) is 0 Å². The maximum atomic E-state index is 11.9. The third-order valence-electron chi connectivity index (χ3n) is 3.00. The van der Waals surface area contributed by atoms with Gasteiger partial charge >= 0.3 is 6.18 Å². The molecule has 0 bridgehead atoms. The number of carbonyl (C=O) groups is 1. The Hall–Kier alpha value is -0.740. The van der Waals surface area contributed by atoms with E-state index < -0.39 is 12.6 Å². The molecular weight excluding hydrogens is 219 g/mol. The molecule has 2 nitrogen and oxygen atoms in total. The Labute approximate surface area is 94.8 Å². The lowest BCUT2D eigenvalue weighted by molar-refractivity contribution is -0.141. The molecule has 0 heterocycles. The molecule has 0 saturated carbocycles. The summed E-state index contributed by atoms with van der Waals surface area (Å²) < 4.78 is 35.6. The number of carbonyl (C=O) groups excluding carboxylic acids is 1. The largest absolute Gasteiger partial charge is 0.389 e. The fourth-order valence-electron chi connectivity index (χ4n) is 1.18. The molecule has 0 N–H and O–H groups in total. The maximum Gasteiger partial charge on any atom is 0.389 e. The Morgan fingerprint density at radius 3 is 2.12 bits per heavy atom. The highest BCUT2D eigenvalue weighted by Gasteiger charge is 2.29. The molecule has 0 aliphatic carbocycles. The van der Waals surface area contributed by atoms with Crippen molar-refractivity contribution in [3.8, 4) is 0 Å². The van der Waals surface area contributed by atoms with E-state index in [4.69, 9.17) is 0 Å². The van der Waals surface area contributed by atoms with Crippen LogP contribution in [-0.2, 0) is 4.79 Å². The van der Waals surface area contributed by atoms with Crippen molar-refractivity contribution < 1.29 is 18.0 Å². The number of hydrogen-bond donors (Lipinski definition) is 0. The molecule has 0 spiro atoms. The zero-order valence-corrected chi connectivity index (χ0v) is 10.3. The molecule has 0 aromatic heterocycles. The van der Waals surface area contributed by atoms with Crippen molar-refractivity contribution >= 4 is 5.91 Å².